The second kappa shape index (κ2) is 12.6. The predicted molar refractivity (Wildman–Crippen MR) is 231 cm³/mol. The van der Waals surface area contributed by atoms with E-state index in [-0.39, 0.29) is 5.41 Å². The molecule has 0 unspecified atom stereocenters. The largest absolute Gasteiger partial charge is 0.309 e. The zero-order valence-corrected chi connectivity index (χ0v) is 31.8. The number of rotatable bonds is 6. The molecule has 0 amide bonds. The average Bonchev–Trinajstić information content (AvgIpc) is 3.64. The molecule has 0 atom stereocenters. The zero-order valence-electron chi connectivity index (χ0n) is 31.8. The standard InChI is InChI=1S/C54H43N/c1-36-30-31-44-47(32-36)54(40-21-10-6-11-22-40,41-23-12-7-13-24-41)48-33-37(2)34-50(52(44)48)55(42-25-16-20-39(35-42)38-18-8-5-9-19-38)49-29-17-28-46-51(49)43-26-14-15-27-45(43)53(46,3)4/h5-35H,1-4H3. The number of fused-ring (bicyclic) bond motifs is 6. The van der Waals surface area contributed by atoms with Crippen molar-refractivity contribution in [1.29, 1.82) is 0 Å². The van der Waals surface area contributed by atoms with Crippen molar-refractivity contribution < 1.29 is 0 Å². The Balaban J connectivity index is 1.35. The van der Waals surface area contributed by atoms with Crippen molar-refractivity contribution in [2.24, 2.45) is 0 Å². The summed E-state index contributed by atoms with van der Waals surface area (Å²) in [5.74, 6) is 0. The van der Waals surface area contributed by atoms with Gasteiger partial charge in [-0.2, -0.15) is 0 Å². The van der Waals surface area contributed by atoms with Crippen LogP contribution in [0.2, 0.25) is 0 Å². The number of anilines is 3. The van der Waals surface area contributed by atoms with Crippen LogP contribution in [-0.2, 0) is 10.8 Å². The number of nitrogens with zero attached hydrogens (tertiary/aromatic N) is 1. The summed E-state index contributed by atoms with van der Waals surface area (Å²) in [6.45, 7) is 9.24. The third-order valence-corrected chi connectivity index (χ3v) is 12.2. The van der Waals surface area contributed by atoms with Crippen molar-refractivity contribution >= 4 is 17.1 Å². The van der Waals surface area contributed by atoms with Gasteiger partial charge in [0.1, 0.15) is 0 Å². The lowest BCUT2D eigenvalue weighted by Crippen LogP contribution is -2.29. The first-order chi connectivity index (χ1) is 26.9. The van der Waals surface area contributed by atoms with Crippen molar-refractivity contribution in [3.63, 3.8) is 0 Å². The molecular formula is C54H43N. The lowest BCUT2D eigenvalue weighted by Gasteiger charge is -2.35. The van der Waals surface area contributed by atoms with Gasteiger partial charge in [0, 0.05) is 22.2 Å². The van der Waals surface area contributed by atoms with Crippen LogP contribution in [0.4, 0.5) is 17.1 Å². The third kappa shape index (κ3) is 4.93. The molecule has 8 aromatic rings. The Kier molecular flexibility index (Phi) is 7.58. The van der Waals surface area contributed by atoms with Crippen molar-refractivity contribution in [1.82, 2.24) is 0 Å². The minimum atomic E-state index is -0.509. The van der Waals surface area contributed by atoms with Crippen LogP contribution in [0, 0.1) is 13.8 Å². The molecule has 55 heavy (non-hydrogen) atoms. The molecule has 0 saturated carbocycles. The fourth-order valence-electron chi connectivity index (χ4n) is 9.80. The summed E-state index contributed by atoms with van der Waals surface area (Å²) < 4.78 is 0. The van der Waals surface area contributed by atoms with E-state index in [1.54, 1.807) is 0 Å². The highest BCUT2D eigenvalue weighted by Crippen LogP contribution is 2.61. The number of hydrogen-bond donors (Lipinski definition) is 0. The van der Waals surface area contributed by atoms with E-state index >= 15 is 0 Å². The van der Waals surface area contributed by atoms with Gasteiger partial charge < -0.3 is 4.90 Å². The summed E-state index contributed by atoms with van der Waals surface area (Å²) in [4.78, 5) is 2.57. The van der Waals surface area contributed by atoms with Crippen LogP contribution < -0.4 is 4.90 Å². The van der Waals surface area contributed by atoms with Gasteiger partial charge in [0.25, 0.3) is 0 Å². The number of aryl methyl sites for hydroxylation is 2. The predicted octanol–water partition coefficient (Wildman–Crippen LogP) is 14.1. The normalized spacial score (nSPS) is 14.1. The highest BCUT2D eigenvalue weighted by molar-refractivity contribution is 6.02. The average molecular weight is 706 g/mol. The minimum absolute atomic E-state index is 0.131. The summed E-state index contributed by atoms with van der Waals surface area (Å²) in [6.07, 6.45) is 0. The minimum Gasteiger partial charge on any atom is -0.309 e. The van der Waals surface area contributed by atoms with E-state index in [1.165, 1.54) is 89.3 Å². The molecule has 0 aromatic heterocycles. The second-order valence-corrected chi connectivity index (χ2v) is 15.9. The van der Waals surface area contributed by atoms with Crippen LogP contribution in [0.25, 0.3) is 33.4 Å². The van der Waals surface area contributed by atoms with E-state index in [1.807, 2.05) is 0 Å². The Bertz CT molecular complexity index is 2700. The van der Waals surface area contributed by atoms with Gasteiger partial charge in [-0.05, 0) is 99.3 Å². The Morgan fingerprint density at radius 2 is 0.945 bits per heavy atom. The maximum absolute atomic E-state index is 2.57. The van der Waals surface area contributed by atoms with Gasteiger partial charge in [-0.25, -0.2) is 0 Å². The molecule has 0 saturated heterocycles. The van der Waals surface area contributed by atoms with Gasteiger partial charge in [0.15, 0.2) is 0 Å². The Labute approximate surface area is 325 Å². The van der Waals surface area contributed by atoms with Gasteiger partial charge in [-0.15, -0.1) is 0 Å². The van der Waals surface area contributed by atoms with E-state index in [0.29, 0.717) is 0 Å². The van der Waals surface area contributed by atoms with Crippen LogP contribution >= 0.6 is 0 Å². The molecule has 1 heteroatoms. The molecule has 0 fully saturated rings. The first kappa shape index (κ1) is 33.2. The lowest BCUT2D eigenvalue weighted by molar-refractivity contribution is 0.660. The number of hydrogen-bond acceptors (Lipinski definition) is 1. The van der Waals surface area contributed by atoms with Crippen LogP contribution in [0.3, 0.4) is 0 Å². The Morgan fingerprint density at radius 3 is 1.67 bits per heavy atom. The van der Waals surface area contributed by atoms with Crippen LogP contribution in [0.15, 0.2) is 188 Å². The third-order valence-electron chi connectivity index (χ3n) is 12.2. The summed E-state index contributed by atoms with van der Waals surface area (Å²) in [6, 6.07) is 70.1. The molecule has 0 heterocycles. The molecule has 10 rings (SSSR count). The van der Waals surface area contributed by atoms with E-state index in [4.69, 9.17) is 0 Å². The van der Waals surface area contributed by atoms with Crippen LogP contribution in [0.5, 0.6) is 0 Å². The summed E-state index contributed by atoms with van der Waals surface area (Å²) >= 11 is 0. The van der Waals surface area contributed by atoms with Crippen LogP contribution in [0.1, 0.15) is 58.4 Å². The molecule has 264 valence electrons. The van der Waals surface area contributed by atoms with Gasteiger partial charge in [0.2, 0.25) is 0 Å². The zero-order chi connectivity index (χ0) is 37.3. The molecule has 1 nitrogen and oxygen atoms in total. The maximum atomic E-state index is 2.57. The highest BCUT2D eigenvalue weighted by Gasteiger charge is 2.48. The van der Waals surface area contributed by atoms with Crippen LogP contribution in [-0.4, -0.2) is 0 Å². The fourth-order valence-corrected chi connectivity index (χ4v) is 9.80. The molecule has 0 N–H and O–H groups in total. The monoisotopic (exact) mass is 705 g/mol. The summed E-state index contributed by atoms with van der Waals surface area (Å²) in [5, 5.41) is 0. The Morgan fingerprint density at radius 1 is 0.382 bits per heavy atom. The second-order valence-electron chi connectivity index (χ2n) is 15.9. The number of benzene rings is 8. The van der Waals surface area contributed by atoms with E-state index in [9.17, 15) is 0 Å². The quantitative estimate of drug-likeness (QED) is 0.166. The van der Waals surface area contributed by atoms with Crippen molar-refractivity contribution in [3.05, 3.63) is 233 Å². The summed E-state index contributed by atoms with van der Waals surface area (Å²) in [5.41, 5.74) is 20.9. The lowest BCUT2D eigenvalue weighted by atomic mass is 9.67. The Hall–Kier alpha value is -6.44. The van der Waals surface area contributed by atoms with Crippen molar-refractivity contribution in [3.8, 4) is 33.4 Å². The topological polar surface area (TPSA) is 3.24 Å². The molecule has 2 aliphatic rings. The van der Waals surface area contributed by atoms with Gasteiger partial charge >= 0.3 is 0 Å². The van der Waals surface area contributed by atoms with Crippen molar-refractivity contribution in [2.75, 3.05) is 4.90 Å². The SMILES string of the molecule is Cc1ccc2c(c1)C(c1ccccc1)(c1ccccc1)c1cc(C)cc(N(c3cccc(-c4ccccc4)c3)c3cccc4c3-c3ccccc3C4(C)C)c1-2. The van der Waals surface area contributed by atoms with E-state index < -0.39 is 5.41 Å². The van der Waals surface area contributed by atoms with Gasteiger partial charge in [0.05, 0.1) is 16.8 Å². The first-order valence-corrected chi connectivity index (χ1v) is 19.4. The molecule has 0 radical (unpaired) electrons. The first-order valence-electron chi connectivity index (χ1n) is 19.4. The molecular weight excluding hydrogens is 663 g/mol. The summed E-state index contributed by atoms with van der Waals surface area (Å²) in [7, 11) is 0. The van der Waals surface area contributed by atoms with Crippen molar-refractivity contribution in [2.45, 2.75) is 38.5 Å². The maximum Gasteiger partial charge on any atom is 0.0714 e. The molecule has 0 bridgehead atoms. The smallest absolute Gasteiger partial charge is 0.0714 e. The molecule has 0 spiro atoms. The van der Waals surface area contributed by atoms with Gasteiger partial charge in [-0.3, -0.25) is 0 Å². The fraction of sp³-hybridized carbons (Fsp3) is 0.111. The van der Waals surface area contributed by atoms with Gasteiger partial charge in [-0.1, -0.05) is 183 Å². The molecule has 0 aliphatic heterocycles. The van der Waals surface area contributed by atoms with E-state index in [0.717, 1.165) is 5.69 Å². The molecule has 2 aliphatic carbocycles. The molecule has 8 aromatic carbocycles. The van der Waals surface area contributed by atoms with E-state index in [2.05, 4.69) is 221 Å². The highest BCUT2D eigenvalue weighted by atomic mass is 15.1.